The number of nitrogens with zero attached hydrogens (tertiary/aromatic N) is 3. The molecule has 0 saturated carbocycles. The quantitative estimate of drug-likeness (QED) is 0.788. The second-order valence-corrected chi connectivity index (χ2v) is 4.97. The Balaban J connectivity index is 2.29. The molecule has 19 heavy (non-hydrogen) atoms. The predicted molar refractivity (Wildman–Crippen MR) is 75.7 cm³/mol. The Labute approximate surface area is 117 Å². The molecule has 1 heterocycles. The topological polar surface area (TPSA) is 38.1 Å². The third-order valence-electron chi connectivity index (χ3n) is 2.80. The van der Waals surface area contributed by atoms with Crippen molar-refractivity contribution in [3.63, 3.8) is 0 Å². The lowest BCUT2D eigenvalue weighted by atomic mass is 10.1. The van der Waals surface area contributed by atoms with Gasteiger partial charge < -0.3 is 4.90 Å². The fourth-order valence-corrected chi connectivity index (χ4v) is 2.01. The number of likely N-dealkylation sites (N-methyl/N-ethyl adjacent to an activating group) is 1. The molecule has 0 amide bonds. The van der Waals surface area contributed by atoms with Crippen molar-refractivity contribution in [3.05, 3.63) is 52.8 Å². The fraction of sp³-hybridized carbons (Fsp3) is 0.286. The van der Waals surface area contributed by atoms with Crippen LogP contribution in [0.2, 0.25) is 5.02 Å². The lowest BCUT2D eigenvalue weighted by molar-refractivity contribution is 0.102. The summed E-state index contributed by atoms with van der Waals surface area (Å²) in [5.74, 6) is -0.0955. The molecule has 100 valence electrons. The molecule has 0 aliphatic rings. The fourth-order valence-electron chi connectivity index (χ4n) is 1.78. The number of carbonyl (C=O) groups excluding carboxylic acids is 1. The van der Waals surface area contributed by atoms with Gasteiger partial charge in [-0.25, -0.2) is 0 Å². The Hall–Kier alpha value is -1.65. The molecule has 0 spiro atoms. The second-order valence-electron chi connectivity index (χ2n) is 4.56. The number of rotatable bonds is 5. The molecule has 0 aliphatic heterocycles. The maximum atomic E-state index is 12.4. The Morgan fingerprint density at radius 2 is 2.00 bits per heavy atom. The highest BCUT2D eigenvalue weighted by molar-refractivity contribution is 6.34. The van der Waals surface area contributed by atoms with Gasteiger partial charge in [-0.1, -0.05) is 41.9 Å². The molecular formula is C14H16ClN3O. The van der Waals surface area contributed by atoms with Crippen LogP contribution in [0.5, 0.6) is 0 Å². The van der Waals surface area contributed by atoms with Crippen LogP contribution < -0.4 is 0 Å². The van der Waals surface area contributed by atoms with Crippen LogP contribution in [0.25, 0.3) is 0 Å². The Bertz CT molecular complexity index is 563. The number of benzene rings is 1. The highest BCUT2D eigenvalue weighted by Crippen LogP contribution is 2.19. The molecule has 0 radical (unpaired) electrons. The maximum absolute atomic E-state index is 12.4. The molecule has 4 nitrogen and oxygen atoms in total. The molecule has 2 rings (SSSR count). The average molecular weight is 278 g/mol. The lowest BCUT2D eigenvalue weighted by Gasteiger charge is -2.11. The van der Waals surface area contributed by atoms with Crippen molar-refractivity contribution in [1.29, 1.82) is 0 Å². The molecule has 2 aromatic rings. The summed E-state index contributed by atoms with van der Waals surface area (Å²) in [6, 6.07) is 9.11. The van der Waals surface area contributed by atoms with Crippen LogP contribution in [0.15, 0.2) is 36.5 Å². The van der Waals surface area contributed by atoms with Gasteiger partial charge in [-0.3, -0.25) is 9.48 Å². The van der Waals surface area contributed by atoms with Gasteiger partial charge in [0.2, 0.25) is 5.78 Å². The molecule has 1 aromatic carbocycles. The number of carbonyl (C=O) groups is 1. The van der Waals surface area contributed by atoms with Crippen LogP contribution in [0, 0.1) is 0 Å². The van der Waals surface area contributed by atoms with Gasteiger partial charge in [0.05, 0.1) is 17.8 Å². The first-order valence-corrected chi connectivity index (χ1v) is 6.43. The van der Waals surface area contributed by atoms with Crippen LogP contribution in [-0.2, 0) is 6.54 Å². The number of halogens is 1. The van der Waals surface area contributed by atoms with Gasteiger partial charge in [0.1, 0.15) is 5.69 Å². The SMILES string of the molecule is CN(C)CCn1ncc(Cl)c1C(=O)c1ccccc1. The molecule has 1 aromatic heterocycles. The second kappa shape index (κ2) is 5.99. The van der Waals surface area contributed by atoms with Crippen molar-refractivity contribution >= 4 is 17.4 Å². The van der Waals surface area contributed by atoms with E-state index in [1.165, 1.54) is 6.20 Å². The average Bonchev–Trinajstić information content (AvgIpc) is 2.78. The van der Waals surface area contributed by atoms with Crippen LogP contribution in [-0.4, -0.2) is 41.1 Å². The van der Waals surface area contributed by atoms with Crippen LogP contribution in [0.3, 0.4) is 0 Å². The van der Waals surface area contributed by atoms with Crippen molar-refractivity contribution in [3.8, 4) is 0 Å². The highest BCUT2D eigenvalue weighted by atomic mass is 35.5. The summed E-state index contributed by atoms with van der Waals surface area (Å²) in [4.78, 5) is 14.5. The maximum Gasteiger partial charge on any atom is 0.212 e. The minimum absolute atomic E-state index is 0.0955. The van der Waals surface area contributed by atoms with Gasteiger partial charge in [0.15, 0.2) is 0 Å². The normalized spacial score (nSPS) is 10.9. The molecule has 0 bridgehead atoms. The highest BCUT2D eigenvalue weighted by Gasteiger charge is 2.18. The van der Waals surface area contributed by atoms with E-state index in [1.807, 2.05) is 37.2 Å². The molecule has 5 heteroatoms. The zero-order valence-corrected chi connectivity index (χ0v) is 11.8. The number of ketones is 1. The van der Waals surface area contributed by atoms with Gasteiger partial charge >= 0.3 is 0 Å². The summed E-state index contributed by atoms with van der Waals surface area (Å²) in [5.41, 5.74) is 1.07. The summed E-state index contributed by atoms with van der Waals surface area (Å²) >= 11 is 6.09. The third-order valence-corrected chi connectivity index (χ3v) is 3.08. The summed E-state index contributed by atoms with van der Waals surface area (Å²) in [6.07, 6.45) is 1.52. The van der Waals surface area contributed by atoms with E-state index in [-0.39, 0.29) is 5.78 Å². The molecular weight excluding hydrogens is 262 g/mol. The van der Waals surface area contributed by atoms with Gasteiger partial charge in [-0.2, -0.15) is 5.10 Å². The van der Waals surface area contributed by atoms with Crippen molar-refractivity contribution in [1.82, 2.24) is 14.7 Å². The Kier molecular flexibility index (Phi) is 4.35. The monoisotopic (exact) mass is 277 g/mol. The van der Waals surface area contributed by atoms with E-state index in [0.29, 0.717) is 22.8 Å². The summed E-state index contributed by atoms with van der Waals surface area (Å²) in [7, 11) is 3.95. The zero-order valence-electron chi connectivity index (χ0n) is 11.0. The largest absolute Gasteiger partial charge is 0.308 e. The van der Waals surface area contributed by atoms with E-state index in [9.17, 15) is 4.79 Å². The van der Waals surface area contributed by atoms with Crippen molar-refractivity contribution in [2.75, 3.05) is 20.6 Å². The minimum atomic E-state index is -0.0955. The summed E-state index contributed by atoms with van der Waals surface area (Å²) in [6.45, 7) is 1.43. The molecule has 0 N–H and O–H groups in total. The minimum Gasteiger partial charge on any atom is -0.308 e. The van der Waals surface area contributed by atoms with E-state index >= 15 is 0 Å². The van der Waals surface area contributed by atoms with Gasteiger partial charge in [-0.05, 0) is 14.1 Å². The Morgan fingerprint density at radius 3 is 2.63 bits per heavy atom. The summed E-state index contributed by atoms with van der Waals surface area (Å²) < 4.78 is 1.66. The molecule has 0 atom stereocenters. The van der Waals surface area contributed by atoms with Crippen molar-refractivity contribution in [2.24, 2.45) is 0 Å². The van der Waals surface area contributed by atoms with Crippen molar-refractivity contribution in [2.45, 2.75) is 6.54 Å². The first-order valence-electron chi connectivity index (χ1n) is 6.05. The van der Waals surface area contributed by atoms with E-state index in [4.69, 9.17) is 11.6 Å². The number of hydrogen-bond acceptors (Lipinski definition) is 3. The van der Waals surface area contributed by atoms with Gasteiger partial charge in [0, 0.05) is 12.1 Å². The molecule has 0 aliphatic carbocycles. The lowest BCUT2D eigenvalue weighted by Crippen LogP contribution is -2.21. The number of aromatic nitrogens is 2. The van der Waals surface area contributed by atoms with Crippen molar-refractivity contribution < 1.29 is 4.79 Å². The molecule has 0 saturated heterocycles. The molecule has 0 fully saturated rings. The van der Waals surface area contributed by atoms with E-state index in [2.05, 4.69) is 5.10 Å². The van der Waals surface area contributed by atoms with E-state index < -0.39 is 0 Å². The van der Waals surface area contributed by atoms with Gasteiger partial charge in [0.25, 0.3) is 0 Å². The third kappa shape index (κ3) is 3.22. The number of hydrogen-bond donors (Lipinski definition) is 0. The first kappa shape index (κ1) is 13.8. The van der Waals surface area contributed by atoms with E-state index in [0.717, 1.165) is 6.54 Å². The summed E-state index contributed by atoms with van der Waals surface area (Å²) in [5, 5.41) is 4.57. The predicted octanol–water partition coefficient (Wildman–Crippen LogP) is 2.33. The Morgan fingerprint density at radius 1 is 1.32 bits per heavy atom. The first-order chi connectivity index (χ1) is 9.09. The van der Waals surface area contributed by atoms with Crippen LogP contribution >= 0.6 is 11.6 Å². The zero-order chi connectivity index (χ0) is 13.8. The smallest absolute Gasteiger partial charge is 0.212 e. The van der Waals surface area contributed by atoms with Crippen LogP contribution in [0.4, 0.5) is 0 Å². The van der Waals surface area contributed by atoms with E-state index in [1.54, 1.807) is 16.8 Å². The molecule has 0 unspecified atom stereocenters. The van der Waals surface area contributed by atoms with Crippen LogP contribution in [0.1, 0.15) is 16.1 Å². The standard InChI is InChI=1S/C14H16ClN3O/c1-17(2)8-9-18-13(12(15)10-16-18)14(19)11-6-4-3-5-7-11/h3-7,10H,8-9H2,1-2H3. The van der Waals surface area contributed by atoms with Gasteiger partial charge in [-0.15, -0.1) is 0 Å².